The summed E-state index contributed by atoms with van der Waals surface area (Å²) in [4.78, 5) is 0. The fourth-order valence-electron chi connectivity index (χ4n) is 4.91. The van der Waals surface area contributed by atoms with Crippen molar-refractivity contribution in [3.63, 3.8) is 0 Å². The molecule has 4 aromatic rings. The minimum atomic E-state index is -0.541. The number of hydrogen-bond donors (Lipinski definition) is 1. The number of aryl methyl sites for hydroxylation is 1. The third kappa shape index (κ3) is 5.25. The molecule has 2 unspecified atom stereocenters. The Kier molecular flexibility index (Phi) is 6.99. The van der Waals surface area contributed by atoms with Crippen LogP contribution in [0.25, 0.3) is 10.8 Å². The van der Waals surface area contributed by atoms with E-state index in [0.29, 0.717) is 13.2 Å². The molecule has 0 bridgehead atoms. The fraction of sp³-hybridized carbons (Fsp3) is 0.312. The molecule has 0 spiro atoms. The highest BCUT2D eigenvalue weighted by Crippen LogP contribution is 2.44. The summed E-state index contributed by atoms with van der Waals surface area (Å²) in [5.41, 5.74) is 5.17. The van der Waals surface area contributed by atoms with E-state index in [4.69, 9.17) is 14.2 Å². The second-order valence-electron chi connectivity index (χ2n) is 10.1. The van der Waals surface area contributed by atoms with Crippen LogP contribution in [0, 0.1) is 6.92 Å². The van der Waals surface area contributed by atoms with Gasteiger partial charge < -0.3 is 19.5 Å². The number of ether oxygens (including phenoxy) is 3. The van der Waals surface area contributed by atoms with Gasteiger partial charge in [-0.15, -0.1) is 0 Å². The van der Waals surface area contributed by atoms with E-state index in [1.807, 2.05) is 13.0 Å². The first kappa shape index (κ1) is 24.4. The van der Waals surface area contributed by atoms with Gasteiger partial charge in [-0.2, -0.15) is 0 Å². The minimum Gasteiger partial charge on any atom is -0.485 e. The lowest BCUT2D eigenvalue weighted by Crippen LogP contribution is -2.51. The summed E-state index contributed by atoms with van der Waals surface area (Å²) in [7, 11) is 0. The van der Waals surface area contributed by atoms with Gasteiger partial charge in [0.25, 0.3) is 0 Å². The molecule has 4 aromatic carbocycles. The van der Waals surface area contributed by atoms with Crippen molar-refractivity contribution in [2.75, 3.05) is 11.9 Å². The Balaban J connectivity index is 1.37. The van der Waals surface area contributed by atoms with Gasteiger partial charge in [0.15, 0.2) is 0 Å². The summed E-state index contributed by atoms with van der Waals surface area (Å²) >= 11 is 0. The van der Waals surface area contributed by atoms with Crippen molar-refractivity contribution in [3.8, 4) is 5.75 Å². The number of rotatable bonds is 8. The van der Waals surface area contributed by atoms with Gasteiger partial charge in [0.1, 0.15) is 23.6 Å². The number of anilines is 1. The molecule has 0 radical (unpaired) electrons. The minimum absolute atomic E-state index is 0.227. The first-order valence-electron chi connectivity index (χ1n) is 12.8. The van der Waals surface area contributed by atoms with Crippen LogP contribution in [-0.2, 0) is 22.6 Å². The summed E-state index contributed by atoms with van der Waals surface area (Å²) in [6.45, 7) is 10.1. The predicted molar refractivity (Wildman–Crippen MR) is 147 cm³/mol. The molecule has 0 saturated carbocycles. The standard InChI is InChI=1S/C32H35NO3/c1-5-34-30-28-19-27(33-20-23-12-10-22(2)11-13-23)16-17-29(28)36-32(3,4)31(30)35-21-24-14-15-25-8-6-7-9-26(25)18-24/h6-19,30-31,33H,5,20-21H2,1-4H3. The molecule has 2 atom stereocenters. The first-order chi connectivity index (χ1) is 17.4. The van der Waals surface area contributed by atoms with Crippen LogP contribution in [0.2, 0.25) is 0 Å². The maximum Gasteiger partial charge on any atom is 0.132 e. The van der Waals surface area contributed by atoms with Crippen LogP contribution in [0.5, 0.6) is 5.75 Å². The van der Waals surface area contributed by atoms with Crippen molar-refractivity contribution < 1.29 is 14.2 Å². The SMILES string of the molecule is CCOC1c2cc(NCc3ccc(C)cc3)ccc2OC(C)(C)C1OCc1ccc2ccccc2c1. The Morgan fingerprint density at radius 3 is 2.36 bits per heavy atom. The van der Waals surface area contributed by atoms with Gasteiger partial charge in [-0.3, -0.25) is 0 Å². The zero-order chi connectivity index (χ0) is 25.1. The van der Waals surface area contributed by atoms with Gasteiger partial charge in [-0.05, 0) is 73.9 Å². The predicted octanol–water partition coefficient (Wildman–Crippen LogP) is 7.59. The van der Waals surface area contributed by atoms with Crippen LogP contribution in [0.15, 0.2) is 84.9 Å². The van der Waals surface area contributed by atoms with E-state index < -0.39 is 5.60 Å². The average Bonchev–Trinajstić information content (AvgIpc) is 2.88. The van der Waals surface area contributed by atoms with E-state index >= 15 is 0 Å². The zero-order valence-electron chi connectivity index (χ0n) is 21.6. The van der Waals surface area contributed by atoms with Crippen molar-refractivity contribution in [1.82, 2.24) is 0 Å². The number of benzene rings is 4. The summed E-state index contributed by atoms with van der Waals surface area (Å²) in [6.07, 6.45) is -0.487. The summed E-state index contributed by atoms with van der Waals surface area (Å²) in [6, 6.07) is 29.7. The molecule has 5 rings (SSSR count). The molecule has 1 aliphatic rings. The third-order valence-corrected chi connectivity index (χ3v) is 6.86. The monoisotopic (exact) mass is 481 g/mol. The lowest BCUT2D eigenvalue weighted by molar-refractivity contribution is -0.165. The second kappa shape index (κ2) is 10.3. The Morgan fingerprint density at radius 2 is 1.58 bits per heavy atom. The van der Waals surface area contributed by atoms with Crippen molar-refractivity contribution >= 4 is 16.5 Å². The van der Waals surface area contributed by atoms with Crippen LogP contribution >= 0.6 is 0 Å². The van der Waals surface area contributed by atoms with Crippen LogP contribution in [0.1, 0.15) is 49.1 Å². The Labute approximate surface area is 214 Å². The molecule has 0 amide bonds. The molecule has 1 heterocycles. The molecular weight excluding hydrogens is 446 g/mol. The van der Waals surface area contributed by atoms with Gasteiger partial charge >= 0.3 is 0 Å². The maximum absolute atomic E-state index is 6.57. The molecule has 1 N–H and O–H groups in total. The molecule has 4 nitrogen and oxygen atoms in total. The van der Waals surface area contributed by atoms with E-state index in [0.717, 1.165) is 29.1 Å². The number of fused-ring (bicyclic) bond motifs is 2. The second-order valence-corrected chi connectivity index (χ2v) is 10.1. The average molecular weight is 482 g/mol. The lowest BCUT2D eigenvalue weighted by atomic mass is 9.87. The van der Waals surface area contributed by atoms with Crippen LogP contribution < -0.4 is 10.1 Å². The van der Waals surface area contributed by atoms with Crippen molar-refractivity contribution in [2.45, 2.75) is 58.7 Å². The zero-order valence-corrected chi connectivity index (χ0v) is 21.6. The first-order valence-corrected chi connectivity index (χ1v) is 12.8. The normalized spacial score (nSPS) is 18.4. The molecule has 0 aliphatic carbocycles. The van der Waals surface area contributed by atoms with Crippen LogP contribution in [0.3, 0.4) is 0 Å². The fourth-order valence-corrected chi connectivity index (χ4v) is 4.91. The van der Waals surface area contributed by atoms with E-state index in [-0.39, 0.29) is 12.2 Å². The molecular formula is C32H35NO3. The van der Waals surface area contributed by atoms with Gasteiger partial charge in [-0.1, -0.05) is 66.2 Å². The van der Waals surface area contributed by atoms with Crippen molar-refractivity contribution in [2.24, 2.45) is 0 Å². The quantitative estimate of drug-likeness (QED) is 0.281. The molecule has 186 valence electrons. The smallest absolute Gasteiger partial charge is 0.132 e. The molecule has 0 aromatic heterocycles. The Hall–Kier alpha value is -3.34. The molecule has 0 saturated heterocycles. The summed E-state index contributed by atoms with van der Waals surface area (Å²) < 4.78 is 19.3. The van der Waals surface area contributed by atoms with Gasteiger partial charge in [0, 0.05) is 24.4 Å². The molecule has 0 fully saturated rings. The lowest BCUT2D eigenvalue weighted by Gasteiger charge is -2.44. The van der Waals surface area contributed by atoms with Gasteiger partial charge in [0.2, 0.25) is 0 Å². The highest BCUT2D eigenvalue weighted by atomic mass is 16.6. The largest absolute Gasteiger partial charge is 0.485 e. The van der Waals surface area contributed by atoms with Crippen molar-refractivity contribution in [1.29, 1.82) is 0 Å². The Bertz CT molecular complexity index is 1330. The van der Waals surface area contributed by atoms with E-state index in [1.165, 1.54) is 21.9 Å². The van der Waals surface area contributed by atoms with Gasteiger partial charge in [-0.25, -0.2) is 0 Å². The van der Waals surface area contributed by atoms with Crippen molar-refractivity contribution in [3.05, 3.63) is 107 Å². The summed E-state index contributed by atoms with van der Waals surface area (Å²) in [5.74, 6) is 0.852. The third-order valence-electron chi connectivity index (χ3n) is 6.86. The topological polar surface area (TPSA) is 39.7 Å². The highest BCUT2D eigenvalue weighted by molar-refractivity contribution is 5.82. The Morgan fingerprint density at radius 1 is 0.833 bits per heavy atom. The van der Waals surface area contributed by atoms with Crippen LogP contribution in [-0.4, -0.2) is 18.3 Å². The number of nitrogens with one attached hydrogen (secondary N) is 1. The van der Waals surface area contributed by atoms with E-state index in [1.54, 1.807) is 0 Å². The number of hydrogen-bond acceptors (Lipinski definition) is 4. The molecule has 36 heavy (non-hydrogen) atoms. The maximum atomic E-state index is 6.57. The molecule has 1 aliphatic heterocycles. The van der Waals surface area contributed by atoms with E-state index in [2.05, 4.69) is 105 Å². The van der Waals surface area contributed by atoms with Gasteiger partial charge in [0.05, 0.1) is 6.61 Å². The van der Waals surface area contributed by atoms with Crippen LogP contribution in [0.4, 0.5) is 5.69 Å². The highest BCUT2D eigenvalue weighted by Gasteiger charge is 2.45. The molecule has 4 heteroatoms. The van der Waals surface area contributed by atoms with E-state index in [9.17, 15) is 0 Å². The summed E-state index contributed by atoms with van der Waals surface area (Å²) in [5, 5.41) is 6.00.